The fraction of sp³-hybridized carbons (Fsp3) is 0.0588. The number of aromatic nitrogens is 2. The third-order valence-electron chi connectivity index (χ3n) is 11.8. The minimum atomic E-state index is 0.242. The van der Waals surface area contributed by atoms with Gasteiger partial charge in [-0.15, -0.1) is 22.7 Å². The minimum absolute atomic E-state index is 0.242. The molecule has 12 rings (SSSR count). The number of aryl methyl sites for hydroxylation is 1. The lowest BCUT2D eigenvalue weighted by Gasteiger charge is -2.20. The van der Waals surface area contributed by atoms with Crippen molar-refractivity contribution in [3.05, 3.63) is 180 Å². The number of fused-ring (bicyclic) bond motifs is 13. The fourth-order valence-electron chi connectivity index (χ4n) is 9.13. The molecule has 0 saturated carbocycles. The minimum Gasteiger partial charge on any atom is -0.242 e. The third kappa shape index (κ3) is 4.85. The van der Waals surface area contributed by atoms with Crippen molar-refractivity contribution in [3.63, 3.8) is 0 Å². The fourth-order valence-corrected chi connectivity index (χ4v) is 11.4. The van der Waals surface area contributed by atoms with E-state index < -0.39 is 0 Å². The number of rotatable bonds is 3. The summed E-state index contributed by atoms with van der Waals surface area (Å²) in [5, 5.41) is 9.17. The Kier molecular flexibility index (Phi) is 6.89. The molecule has 0 spiro atoms. The van der Waals surface area contributed by atoms with Crippen molar-refractivity contribution in [1.82, 2.24) is 9.97 Å². The predicted molar refractivity (Wildman–Crippen MR) is 236 cm³/mol. The lowest BCUT2D eigenvalue weighted by atomic mass is 9.84. The number of benzene rings is 8. The van der Waals surface area contributed by atoms with Gasteiger partial charge in [0.2, 0.25) is 0 Å². The van der Waals surface area contributed by atoms with E-state index in [2.05, 4.69) is 164 Å². The van der Waals surface area contributed by atoms with E-state index in [1.807, 2.05) is 11.3 Å². The Hall–Kier alpha value is -6.20. The second-order valence-corrected chi connectivity index (χ2v) is 16.8. The first-order chi connectivity index (χ1) is 27.2. The number of nitrogens with zero attached hydrogens (tertiary/aromatic N) is 2. The highest BCUT2D eigenvalue weighted by Gasteiger charge is 2.27. The summed E-state index contributed by atoms with van der Waals surface area (Å²) in [5.74, 6) is 0.242. The van der Waals surface area contributed by atoms with Crippen LogP contribution in [0.1, 0.15) is 29.0 Å². The molecule has 3 heterocycles. The first kappa shape index (κ1) is 31.2. The third-order valence-corrected chi connectivity index (χ3v) is 14.0. The van der Waals surface area contributed by atoms with Gasteiger partial charge in [0.1, 0.15) is 10.3 Å². The summed E-state index contributed by atoms with van der Waals surface area (Å²) in [6.07, 6.45) is 2.05. The second kappa shape index (κ2) is 12.2. The van der Waals surface area contributed by atoms with Crippen LogP contribution in [-0.4, -0.2) is 9.97 Å². The summed E-state index contributed by atoms with van der Waals surface area (Å²) in [6, 6.07) is 60.4. The van der Waals surface area contributed by atoms with Crippen LogP contribution in [0, 0.1) is 0 Å². The lowest BCUT2D eigenvalue weighted by molar-refractivity contribution is 0.729. The van der Waals surface area contributed by atoms with E-state index in [4.69, 9.17) is 9.97 Å². The van der Waals surface area contributed by atoms with E-state index in [1.165, 1.54) is 74.2 Å². The molecule has 0 radical (unpaired) electrons. The van der Waals surface area contributed by atoms with Gasteiger partial charge in [0, 0.05) is 47.3 Å². The molecule has 1 atom stereocenters. The lowest BCUT2D eigenvalue weighted by Crippen LogP contribution is -2.02. The highest BCUT2D eigenvalue weighted by molar-refractivity contribution is 7.26. The van der Waals surface area contributed by atoms with Crippen molar-refractivity contribution in [2.45, 2.75) is 18.8 Å². The molecular formula is C51H32N2S2. The SMILES string of the molecule is c1ccc(-c2nc3c(nc2-c2ccc(C4CCc5c(ccc6ccccc56)-c5cc6c(cc54)sc4c5ccccc5ccc64)cc2)sc2ccccc23)cc1. The average Bonchev–Trinajstić information content (AvgIpc) is 3.76. The first-order valence-corrected chi connectivity index (χ1v) is 20.6. The van der Waals surface area contributed by atoms with E-state index in [9.17, 15) is 0 Å². The van der Waals surface area contributed by atoms with Crippen molar-refractivity contribution in [2.75, 3.05) is 0 Å². The van der Waals surface area contributed by atoms with Gasteiger partial charge in [0.05, 0.1) is 11.4 Å². The Labute approximate surface area is 326 Å². The summed E-state index contributed by atoms with van der Waals surface area (Å²) in [4.78, 5) is 11.6. The number of thiophene rings is 2. The van der Waals surface area contributed by atoms with E-state index >= 15 is 0 Å². The molecule has 8 aromatic carbocycles. The van der Waals surface area contributed by atoms with Crippen molar-refractivity contribution in [3.8, 4) is 33.6 Å². The zero-order valence-corrected chi connectivity index (χ0v) is 31.4. The topological polar surface area (TPSA) is 25.8 Å². The Morgan fingerprint density at radius 3 is 2.02 bits per heavy atom. The molecule has 258 valence electrons. The van der Waals surface area contributed by atoms with Crippen LogP contribution in [0.5, 0.6) is 0 Å². The van der Waals surface area contributed by atoms with Crippen LogP contribution in [0.15, 0.2) is 164 Å². The second-order valence-electron chi connectivity index (χ2n) is 14.8. The highest BCUT2D eigenvalue weighted by Crippen LogP contribution is 2.48. The maximum atomic E-state index is 5.34. The van der Waals surface area contributed by atoms with Crippen molar-refractivity contribution in [2.24, 2.45) is 0 Å². The Morgan fingerprint density at radius 2 is 1.16 bits per heavy atom. The quantitative estimate of drug-likeness (QED) is 0.180. The van der Waals surface area contributed by atoms with E-state index in [0.29, 0.717) is 0 Å². The van der Waals surface area contributed by atoms with Crippen molar-refractivity contribution in [1.29, 1.82) is 0 Å². The van der Waals surface area contributed by atoms with Crippen LogP contribution in [0.3, 0.4) is 0 Å². The zero-order chi connectivity index (χ0) is 36.0. The van der Waals surface area contributed by atoms with Crippen LogP contribution < -0.4 is 0 Å². The smallest absolute Gasteiger partial charge is 0.143 e. The van der Waals surface area contributed by atoms with Gasteiger partial charge >= 0.3 is 0 Å². The molecular weight excluding hydrogens is 705 g/mol. The molecule has 4 heteroatoms. The van der Waals surface area contributed by atoms with Crippen LogP contribution in [0.25, 0.3) is 95.8 Å². The zero-order valence-electron chi connectivity index (χ0n) is 29.8. The van der Waals surface area contributed by atoms with Gasteiger partial charge in [-0.1, -0.05) is 146 Å². The molecule has 55 heavy (non-hydrogen) atoms. The summed E-state index contributed by atoms with van der Waals surface area (Å²) >= 11 is 3.66. The molecule has 1 aliphatic rings. The first-order valence-electron chi connectivity index (χ1n) is 19.0. The summed E-state index contributed by atoms with van der Waals surface area (Å²) in [7, 11) is 0. The molecule has 0 N–H and O–H groups in total. The van der Waals surface area contributed by atoms with Crippen LogP contribution in [0.2, 0.25) is 0 Å². The van der Waals surface area contributed by atoms with Crippen LogP contribution >= 0.6 is 22.7 Å². The van der Waals surface area contributed by atoms with Crippen LogP contribution in [0.4, 0.5) is 0 Å². The van der Waals surface area contributed by atoms with E-state index in [-0.39, 0.29) is 5.92 Å². The van der Waals surface area contributed by atoms with Gasteiger partial charge in [0.15, 0.2) is 0 Å². The van der Waals surface area contributed by atoms with Gasteiger partial charge < -0.3 is 0 Å². The monoisotopic (exact) mass is 736 g/mol. The molecule has 0 bridgehead atoms. The molecule has 0 amide bonds. The Bertz CT molecular complexity index is 3320. The molecule has 0 aliphatic heterocycles. The largest absolute Gasteiger partial charge is 0.242 e. The van der Waals surface area contributed by atoms with Crippen molar-refractivity contribution < 1.29 is 0 Å². The van der Waals surface area contributed by atoms with Crippen LogP contribution in [-0.2, 0) is 6.42 Å². The van der Waals surface area contributed by atoms with Gasteiger partial charge in [-0.05, 0) is 80.4 Å². The molecule has 3 aromatic heterocycles. The van der Waals surface area contributed by atoms with E-state index in [1.54, 1.807) is 11.3 Å². The highest BCUT2D eigenvalue weighted by atomic mass is 32.1. The molecule has 2 nitrogen and oxygen atoms in total. The summed E-state index contributed by atoms with van der Waals surface area (Å²) < 4.78 is 3.94. The number of hydrogen-bond donors (Lipinski definition) is 0. The molecule has 11 aromatic rings. The standard InChI is InChI=1S/C51H32N2S2/c1-2-12-33(13-3-1)47-48(53-51-49(52-47)41-16-8-9-17-45(41)55-51)34-20-18-32(19-21-34)36-26-27-38-35-14-6-4-10-30(35)22-24-39(38)42-28-44-40-25-23-31-11-5-7-15-37(31)50(40)54-46(44)29-43(36)42/h1-25,28-29,36H,26-27H2. The predicted octanol–water partition coefficient (Wildman–Crippen LogP) is 14.6. The summed E-state index contributed by atoms with van der Waals surface area (Å²) in [6.45, 7) is 0. The Balaban J connectivity index is 1.04. The maximum Gasteiger partial charge on any atom is 0.143 e. The van der Waals surface area contributed by atoms with Gasteiger partial charge in [0.25, 0.3) is 0 Å². The van der Waals surface area contributed by atoms with Crippen molar-refractivity contribution >= 4 is 84.8 Å². The number of hydrogen-bond acceptors (Lipinski definition) is 4. The van der Waals surface area contributed by atoms with Gasteiger partial charge in [-0.2, -0.15) is 0 Å². The molecule has 1 aliphatic carbocycles. The summed E-state index contributed by atoms with van der Waals surface area (Å²) in [5.41, 5.74) is 11.9. The molecule has 1 unspecified atom stereocenters. The maximum absolute atomic E-state index is 5.34. The normalized spacial score (nSPS) is 14.2. The van der Waals surface area contributed by atoms with E-state index in [0.717, 1.165) is 51.1 Å². The van der Waals surface area contributed by atoms with Gasteiger partial charge in [-0.3, -0.25) is 0 Å². The average molecular weight is 737 g/mol. The van der Waals surface area contributed by atoms with Gasteiger partial charge in [-0.25, -0.2) is 9.97 Å². The molecule has 0 saturated heterocycles. The Morgan fingerprint density at radius 1 is 0.473 bits per heavy atom. The molecule has 0 fully saturated rings.